The number of carbonyl (C=O) groups is 1. The molecule has 3 nitrogen and oxygen atoms in total. The Bertz CT molecular complexity index is 1030. The molecule has 0 radical (unpaired) electrons. The minimum atomic E-state index is -0.746. The van der Waals surface area contributed by atoms with Gasteiger partial charge >= 0.3 is 0 Å². The van der Waals surface area contributed by atoms with Crippen LogP contribution in [0.5, 0.6) is 0 Å². The van der Waals surface area contributed by atoms with Crippen molar-refractivity contribution in [2.45, 2.75) is 13.0 Å². The zero-order chi connectivity index (χ0) is 19.0. The standard InChI is InChI=1S/C23H18FNO2/c1-15-11-13-17(14-12-15)25-21(18-9-5-6-10-19(18)24)20(22(26)23(25)27)16-7-3-2-4-8-16/h2-14,21,26H,1H3/t21-/m1/s1. The van der Waals surface area contributed by atoms with E-state index in [1.165, 1.54) is 11.0 Å². The maximum absolute atomic E-state index is 14.7. The second-order valence-electron chi connectivity index (χ2n) is 6.56. The third kappa shape index (κ3) is 2.89. The molecule has 0 aliphatic carbocycles. The van der Waals surface area contributed by atoms with Crippen LogP contribution in [0.25, 0.3) is 5.57 Å². The molecular weight excluding hydrogens is 341 g/mol. The summed E-state index contributed by atoms with van der Waals surface area (Å²) in [5.74, 6) is -1.31. The molecule has 0 spiro atoms. The highest BCUT2D eigenvalue weighted by molar-refractivity contribution is 6.15. The van der Waals surface area contributed by atoms with Crippen molar-refractivity contribution < 1.29 is 14.3 Å². The molecule has 4 rings (SSSR count). The molecule has 0 unspecified atom stereocenters. The van der Waals surface area contributed by atoms with E-state index in [0.717, 1.165) is 5.56 Å². The number of nitrogens with zero attached hydrogens (tertiary/aromatic N) is 1. The molecule has 1 aliphatic heterocycles. The Labute approximate surface area is 157 Å². The molecule has 1 atom stereocenters. The van der Waals surface area contributed by atoms with Crippen LogP contribution >= 0.6 is 0 Å². The van der Waals surface area contributed by atoms with Crippen LogP contribution in [0.4, 0.5) is 10.1 Å². The Hall–Kier alpha value is -3.40. The van der Waals surface area contributed by atoms with Crippen molar-refractivity contribution in [1.29, 1.82) is 0 Å². The fourth-order valence-corrected chi connectivity index (χ4v) is 3.48. The Morgan fingerprint density at radius 2 is 1.52 bits per heavy atom. The topological polar surface area (TPSA) is 40.5 Å². The van der Waals surface area contributed by atoms with E-state index in [9.17, 15) is 14.3 Å². The molecular formula is C23H18FNO2. The first kappa shape index (κ1) is 17.0. The molecule has 0 fully saturated rings. The predicted octanol–water partition coefficient (Wildman–Crippen LogP) is 5.19. The zero-order valence-electron chi connectivity index (χ0n) is 14.8. The molecule has 1 amide bonds. The van der Waals surface area contributed by atoms with Crippen molar-refractivity contribution in [3.63, 3.8) is 0 Å². The molecule has 1 N–H and O–H groups in total. The van der Waals surface area contributed by atoms with Crippen LogP contribution in [0, 0.1) is 12.7 Å². The molecule has 1 aliphatic rings. The average Bonchev–Trinajstić information content (AvgIpc) is 2.95. The van der Waals surface area contributed by atoms with Gasteiger partial charge < -0.3 is 5.11 Å². The third-order valence-electron chi connectivity index (χ3n) is 4.80. The van der Waals surface area contributed by atoms with Crippen LogP contribution in [0.15, 0.2) is 84.6 Å². The number of anilines is 1. The zero-order valence-corrected chi connectivity index (χ0v) is 14.8. The van der Waals surface area contributed by atoms with Crippen LogP contribution in [0.1, 0.15) is 22.7 Å². The van der Waals surface area contributed by atoms with Crippen LogP contribution in [-0.4, -0.2) is 11.0 Å². The largest absolute Gasteiger partial charge is 0.503 e. The molecule has 3 aromatic rings. The van der Waals surface area contributed by atoms with Gasteiger partial charge in [0.2, 0.25) is 0 Å². The second-order valence-corrected chi connectivity index (χ2v) is 6.56. The molecule has 0 bridgehead atoms. The molecule has 0 saturated heterocycles. The van der Waals surface area contributed by atoms with Gasteiger partial charge in [-0.25, -0.2) is 4.39 Å². The van der Waals surface area contributed by atoms with Crippen molar-refractivity contribution in [2.75, 3.05) is 4.90 Å². The predicted molar refractivity (Wildman–Crippen MR) is 104 cm³/mol. The summed E-state index contributed by atoms with van der Waals surface area (Å²) in [5.41, 5.74) is 3.09. The lowest BCUT2D eigenvalue weighted by atomic mass is 9.93. The van der Waals surface area contributed by atoms with Crippen molar-refractivity contribution in [3.8, 4) is 0 Å². The van der Waals surface area contributed by atoms with Gasteiger partial charge in [-0.2, -0.15) is 0 Å². The van der Waals surface area contributed by atoms with Gasteiger partial charge in [-0.3, -0.25) is 9.69 Å². The van der Waals surface area contributed by atoms with Crippen LogP contribution in [0.2, 0.25) is 0 Å². The number of hydrogen-bond donors (Lipinski definition) is 1. The van der Waals surface area contributed by atoms with E-state index in [2.05, 4.69) is 0 Å². The monoisotopic (exact) mass is 359 g/mol. The van der Waals surface area contributed by atoms with E-state index in [0.29, 0.717) is 22.4 Å². The van der Waals surface area contributed by atoms with Gasteiger partial charge in [0.25, 0.3) is 5.91 Å². The lowest BCUT2D eigenvalue weighted by molar-refractivity contribution is -0.117. The fourth-order valence-electron chi connectivity index (χ4n) is 3.48. The number of halogens is 1. The maximum atomic E-state index is 14.7. The number of aliphatic hydroxyl groups excluding tert-OH is 1. The summed E-state index contributed by atoms with van der Waals surface area (Å²) in [7, 11) is 0. The van der Waals surface area contributed by atoms with E-state index >= 15 is 0 Å². The lowest BCUT2D eigenvalue weighted by Gasteiger charge is -2.27. The van der Waals surface area contributed by atoms with Crippen molar-refractivity contribution >= 4 is 17.2 Å². The fraction of sp³-hybridized carbons (Fsp3) is 0.0870. The van der Waals surface area contributed by atoms with Gasteiger partial charge in [0.15, 0.2) is 5.76 Å². The van der Waals surface area contributed by atoms with E-state index in [-0.39, 0.29) is 5.76 Å². The van der Waals surface area contributed by atoms with E-state index in [1.54, 1.807) is 18.2 Å². The van der Waals surface area contributed by atoms with Crippen LogP contribution < -0.4 is 4.90 Å². The first-order valence-electron chi connectivity index (χ1n) is 8.71. The highest BCUT2D eigenvalue weighted by Gasteiger charge is 2.42. The highest BCUT2D eigenvalue weighted by Crippen LogP contribution is 2.45. The Balaban J connectivity index is 1.94. The maximum Gasteiger partial charge on any atom is 0.294 e. The Morgan fingerprint density at radius 1 is 0.889 bits per heavy atom. The summed E-state index contributed by atoms with van der Waals surface area (Å²) in [5, 5.41) is 10.7. The molecule has 1 heterocycles. The molecule has 3 aromatic carbocycles. The smallest absolute Gasteiger partial charge is 0.294 e. The summed E-state index contributed by atoms with van der Waals surface area (Å²) < 4.78 is 14.7. The quantitative estimate of drug-likeness (QED) is 0.699. The second kappa shape index (κ2) is 6.72. The summed E-state index contributed by atoms with van der Waals surface area (Å²) in [6, 6.07) is 22.1. The van der Waals surface area contributed by atoms with Crippen LogP contribution in [0.3, 0.4) is 0 Å². The molecule has 134 valence electrons. The van der Waals surface area contributed by atoms with Gasteiger partial charge in [-0.15, -0.1) is 0 Å². The minimum absolute atomic E-state index is 0.342. The number of rotatable bonds is 3. The first-order valence-corrected chi connectivity index (χ1v) is 8.71. The van der Waals surface area contributed by atoms with Gasteiger partial charge in [0.05, 0.1) is 6.04 Å². The number of amides is 1. The third-order valence-corrected chi connectivity index (χ3v) is 4.80. The van der Waals surface area contributed by atoms with Crippen molar-refractivity contribution in [3.05, 3.63) is 107 Å². The Kier molecular flexibility index (Phi) is 4.24. The lowest BCUT2D eigenvalue weighted by Crippen LogP contribution is -2.30. The normalized spacial score (nSPS) is 16.9. The van der Waals surface area contributed by atoms with Gasteiger partial charge in [0.1, 0.15) is 5.82 Å². The number of benzene rings is 3. The van der Waals surface area contributed by atoms with E-state index in [4.69, 9.17) is 0 Å². The number of aliphatic hydroxyl groups is 1. The molecule has 4 heteroatoms. The molecule has 0 saturated carbocycles. The summed E-state index contributed by atoms with van der Waals surface area (Å²) >= 11 is 0. The first-order chi connectivity index (χ1) is 13.1. The van der Waals surface area contributed by atoms with Crippen molar-refractivity contribution in [2.24, 2.45) is 0 Å². The number of aryl methyl sites for hydroxylation is 1. The van der Waals surface area contributed by atoms with Gasteiger partial charge in [-0.1, -0.05) is 66.2 Å². The average molecular weight is 359 g/mol. The summed E-state index contributed by atoms with van der Waals surface area (Å²) in [6.07, 6.45) is 0. The summed E-state index contributed by atoms with van der Waals surface area (Å²) in [6.45, 7) is 1.95. The number of hydrogen-bond acceptors (Lipinski definition) is 2. The SMILES string of the molecule is Cc1ccc(N2C(=O)C(O)=C(c3ccccc3)[C@H]2c2ccccc2F)cc1. The van der Waals surface area contributed by atoms with E-state index < -0.39 is 17.8 Å². The molecule has 0 aromatic heterocycles. The van der Waals surface area contributed by atoms with Crippen molar-refractivity contribution in [1.82, 2.24) is 0 Å². The highest BCUT2D eigenvalue weighted by atomic mass is 19.1. The number of carbonyl (C=O) groups excluding carboxylic acids is 1. The summed E-state index contributed by atoms with van der Waals surface area (Å²) in [4.78, 5) is 14.4. The van der Waals surface area contributed by atoms with Crippen LogP contribution in [-0.2, 0) is 4.79 Å². The minimum Gasteiger partial charge on any atom is -0.503 e. The Morgan fingerprint density at radius 3 is 2.19 bits per heavy atom. The molecule has 27 heavy (non-hydrogen) atoms. The van der Waals surface area contributed by atoms with E-state index in [1.807, 2.05) is 61.5 Å². The van der Waals surface area contributed by atoms with Gasteiger partial charge in [0, 0.05) is 16.8 Å². The van der Waals surface area contributed by atoms with Gasteiger partial charge in [-0.05, 0) is 30.7 Å².